The van der Waals surface area contributed by atoms with Crippen molar-refractivity contribution in [1.29, 1.82) is 0 Å². The second-order valence-electron chi connectivity index (χ2n) is 6.23. The molecule has 92 valence electrons. The molecule has 0 heterocycles. The highest BCUT2D eigenvalue weighted by atomic mass is 16.1. The minimum Gasteiger partial charge on any atom is -0.298 e. The molecule has 0 aliphatic heterocycles. The van der Waals surface area contributed by atoms with Gasteiger partial charge < -0.3 is 0 Å². The highest BCUT2D eigenvalue weighted by Gasteiger charge is 2.59. The van der Waals surface area contributed by atoms with E-state index in [0.29, 0.717) is 17.6 Å². The van der Waals surface area contributed by atoms with Crippen molar-refractivity contribution in [2.24, 2.45) is 22.7 Å². The highest BCUT2D eigenvalue weighted by Crippen LogP contribution is 2.60. The first-order chi connectivity index (χ1) is 7.53. The summed E-state index contributed by atoms with van der Waals surface area (Å²) < 4.78 is 0. The Balaban J connectivity index is 2.23. The number of Topliss-reactive ketones (excluding diaryl/α,β-unsaturated/α-hetero) is 1. The number of carbonyl (C=O) groups excluding carboxylic acids is 1. The Morgan fingerprint density at radius 1 is 1.00 bits per heavy atom. The molecular formula is C15H26O. The third kappa shape index (κ3) is 1.26. The van der Waals surface area contributed by atoms with Crippen LogP contribution in [0.15, 0.2) is 0 Å². The zero-order valence-electron chi connectivity index (χ0n) is 11.3. The van der Waals surface area contributed by atoms with Crippen molar-refractivity contribution in [2.45, 2.75) is 66.2 Å². The number of hydrogen-bond acceptors (Lipinski definition) is 1. The molecule has 0 spiro atoms. The molecule has 2 aliphatic carbocycles. The van der Waals surface area contributed by atoms with Gasteiger partial charge in [-0.15, -0.1) is 0 Å². The predicted molar refractivity (Wildman–Crippen MR) is 67.3 cm³/mol. The topological polar surface area (TPSA) is 17.1 Å². The molecule has 0 radical (unpaired) electrons. The number of rotatable bonds is 4. The fraction of sp³-hybridized carbons (Fsp3) is 0.933. The zero-order chi connectivity index (χ0) is 12.0. The summed E-state index contributed by atoms with van der Waals surface area (Å²) in [5.41, 5.74) is 0.120. The summed E-state index contributed by atoms with van der Waals surface area (Å²) in [6.07, 6.45) is 6.93. The van der Waals surface area contributed by atoms with Crippen molar-refractivity contribution in [3.05, 3.63) is 0 Å². The molecule has 2 saturated carbocycles. The van der Waals surface area contributed by atoms with Crippen LogP contribution < -0.4 is 0 Å². The molecule has 0 aromatic heterocycles. The molecule has 0 amide bonds. The van der Waals surface area contributed by atoms with Gasteiger partial charge in [-0.2, -0.15) is 0 Å². The molecule has 4 atom stereocenters. The van der Waals surface area contributed by atoms with Crippen molar-refractivity contribution in [1.82, 2.24) is 0 Å². The van der Waals surface area contributed by atoms with Crippen molar-refractivity contribution in [3.63, 3.8) is 0 Å². The second-order valence-corrected chi connectivity index (χ2v) is 6.23. The van der Waals surface area contributed by atoms with Crippen molar-refractivity contribution >= 4 is 5.78 Å². The first-order valence-corrected chi connectivity index (χ1v) is 7.08. The lowest BCUT2D eigenvalue weighted by Gasteiger charge is -2.56. The van der Waals surface area contributed by atoms with Crippen LogP contribution in [0.2, 0.25) is 0 Å². The Labute approximate surface area is 100.0 Å². The quantitative estimate of drug-likeness (QED) is 0.696. The van der Waals surface area contributed by atoms with E-state index >= 15 is 0 Å². The normalized spacial score (nSPS) is 47.0. The van der Waals surface area contributed by atoms with Gasteiger partial charge in [-0.3, -0.25) is 4.79 Å². The molecular weight excluding hydrogens is 196 g/mol. The molecule has 1 heteroatoms. The largest absolute Gasteiger partial charge is 0.298 e. The summed E-state index contributed by atoms with van der Waals surface area (Å²) in [6.45, 7) is 8.97. The predicted octanol–water partition coefficient (Wildman–Crippen LogP) is 4.21. The van der Waals surface area contributed by atoms with E-state index in [1.807, 2.05) is 0 Å². The SMILES string of the molecule is CCC1(C(=O)C2(CC)CCC2C)CCC1C. The molecule has 2 fully saturated rings. The molecule has 0 bridgehead atoms. The summed E-state index contributed by atoms with van der Waals surface area (Å²) in [5, 5.41) is 0. The van der Waals surface area contributed by atoms with Gasteiger partial charge in [-0.1, -0.05) is 27.7 Å². The summed E-state index contributed by atoms with van der Waals surface area (Å²) in [6, 6.07) is 0. The van der Waals surface area contributed by atoms with E-state index in [-0.39, 0.29) is 10.8 Å². The Bertz CT molecular complexity index is 260. The van der Waals surface area contributed by atoms with Crippen LogP contribution in [0, 0.1) is 22.7 Å². The van der Waals surface area contributed by atoms with Gasteiger partial charge in [-0.25, -0.2) is 0 Å². The monoisotopic (exact) mass is 222 g/mol. The molecule has 4 unspecified atom stereocenters. The molecule has 0 aromatic carbocycles. The first-order valence-electron chi connectivity index (χ1n) is 7.08. The van der Waals surface area contributed by atoms with E-state index in [9.17, 15) is 4.79 Å². The van der Waals surface area contributed by atoms with Crippen molar-refractivity contribution < 1.29 is 4.79 Å². The van der Waals surface area contributed by atoms with Gasteiger partial charge in [0.15, 0.2) is 0 Å². The van der Waals surface area contributed by atoms with E-state index in [1.54, 1.807) is 0 Å². The van der Waals surface area contributed by atoms with Gasteiger partial charge in [0, 0.05) is 10.8 Å². The smallest absolute Gasteiger partial charge is 0.145 e. The summed E-state index contributed by atoms with van der Waals surface area (Å²) in [4.78, 5) is 12.9. The molecule has 0 aromatic rings. The maximum atomic E-state index is 12.9. The lowest BCUT2D eigenvalue weighted by Crippen LogP contribution is -2.57. The number of hydrogen-bond donors (Lipinski definition) is 0. The van der Waals surface area contributed by atoms with Crippen LogP contribution >= 0.6 is 0 Å². The van der Waals surface area contributed by atoms with Crippen molar-refractivity contribution in [2.75, 3.05) is 0 Å². The fourth-order valence-electron chi connectivity index (χ4n) is 4.10. The van der Waals surface area contributed by atoms with E-state index in [2.05, 4.69) is 27.7 Å². The van der Waals surface area contributed by atoms with Crippen molar-refractivity contribution in [3.8, 4) is 0 Å². The lowest BCUT2D eigenvalue weighted by atomic mass is 9.46. The number of carbonyl (C=O) groups is 1. The average Bonchev–Trinajstić information content (AvgIpc) is 2.28. The third-order valence-corrected chi connectivity index (χ3v) is 6.10. The Morgan fingerprint density at radius 2 is 1.38 bits per heavy atom. The summed E-state index contributed by atoms with van der Waals surface area (Å²) >= 11 is 0. The fourth-order valence-corrected chi connectivity index (χ4v) is 4.10. The minimum atomic E-state index is 0.0602. The van der Waals surface area contributed by atoms with E-state index in [1.165, 1.54) is 12.8 Å². The van der Waals surface area contributed by atoms with Gasteiger partial charge in [0.2, 0.25) is 0 Å². The van der Waals surface area contributed by atoms with Crippen LogP contribution in [0.3, 0.4) is 0 Å². The standard InChI is InChI=1S/C15H26O/c1-5-14(9-7-11(14)3)13(16)15(6-2)10-8-12(15)4/h11-12H,5-10H2,1-4H3. The highest BCUT2D eigenvalue weighted by molar-refractivity contribution is 5.92. The van der Waals surface area contributed by atoms with Gasteiger partial charge >= 0.3 is 0 Å². The second kappa shape index (κ2) is 3.85. The zero-order valence-corrected chi connectivity index (χ0v) is 11.3. The maximum absolute atomic E-state index is 12.9. The van der Waals surface area contributed by atoms with Gasteiger partial charge in [0.05, 0.1) is 0 Å². The summed E-state index contributed by atoms with van der Waals surface area (Å²) in [7, 11) is 0. The van der Waals surface area contributed by atoms with Crippen LogP contribution in [-0.2, 0) is 4.79 Å². The van der Waals surface area contributed by atoms with Crippen LogP contribution in [0.25, 0.3) is 0 Å². The van der Waals surface area contributed by atoms with Crippen LogP contribution in [0.4, 0.5) is 0 Å². The third-order valence-electron chi connectivity index (χ3n) is 6.10. The lowest BCUT2D eigenvalue weighted by molar-refractivity contribution is -0.161. The molecule has 0 N–H and O–H groups in total. The molecule has 0 saturated heterocycles. The van der Waals surface area contributed by atoms with Gasteiger partial charge in [0.25, 0.3) is 0 Å². The van der Waals surface area contributed by atoms with E-state index < -0.39 is 0 Å². The van der Waals surface area contributed by atoms with Gasteiger partial charge in [0.1, 0.15) is 5.78 Å². The number of ketones is 1. The minimum absolute atomic E-state index is 0.0602. The molecule has 16 heavy (non-hydrogen) atoms. The van der Waals surface area contributed by atoms with E-state index in [0.717, 1.165) is 25.7 Å². The molecule has 2 aliphatic rings. The van der Waals surface area contributed by atoms with E-state index in [4.69, 9.17) is 0 Å². The van der Waals surface area contributed by atoms with Crippen LogP contribution in [-0.4, -0.2) is 5.78 Å². The van der Waals surface area contributed by atoms with Gasteiger partial charge in [-0.05, 0) is 50.4 Å². The maximum Gasteiger partial charge on any atom is 0.145 e. The first kappa shape index (κ1) is 12.1. The average molecular weight is 222 g/mol. The Morgan fingerprint density at radius 3 is 1.50 bits per heavy atom. The van der Waals surface area contributed by atoms with Crippen LogP contribution in [0.5, 0.6) is 0 Å². The Hall–Kier alpha value is -0.330. The molecule has 1 nitrogen and oxygen atoms in total. The Kier molecular flexibility index (Phi) is 2.92. The summed E-state index contributed by atoms with van der Waals surface area (Å²) in [5.74, 6) is 1.88. The molecule has 2 rings (SSSR count). The van der Waals surface area contributed by atoms with Crippen LogP contribution in [0.1, 0.15) is 66.2 Å².